The lowest BCUT2D eigenvalue weighted by Gasteiger charge is -2.24. The van der Waals surface area contributed by atoms with Crippen molar-refractivity contribution in [3.05, 3.63) is 70.4 Å². The molecule has 3 heteroatoms. The van der Waals surface area contributed by atoms with E-state index in [1.165, 1.54) is 27.7 Å². The number of fused-ring (bicyclic) bond motifs is 3. The maximum atomic E-state index is 6.26. The molecule has 0 spiro atoms. The molecule has 1 aliphatic heterocycles. The van der Waals surface area contributed by atoms with E-state index >= 15 is 0 Å². The largest absolute Gasteiger partial charge is 0.343 e. The van der Waals surface area contributed by atoms with Gasteiger partial charge in [0.05, 0.1) is 0 Å². The van der Waals surface area contributed by atoms with Crippen molar-refractivity contribution >= 4 is 22.5 Å². The molecule has 3 aromatic rings. The molecule has 0 bridgehead atoms. The zero-order valence-corrected chi connectivity index (χ0v) is 14.9. The minimum absolute atomic E-state index is 0.839. The van der Waals surface area contributed by atoms with Gasteiger partial charge in [0.15, 0.2) is 0 Å². The van der Waals surface area contributed by atoms with Gasteiger partial charge in [0.25, 0.3) is 0 Å². The summed E-state index contributed by atoms with van der Waals surface area (Å²) in [7, 11) is 2.21. The average Bonchev–Trinajstić information content (AvgIpc) is 2.88. The number of rotatable bonds is 4. The Kier molecular flexibility index (Phi) is 4.34. The van der Waals surface area contributed by atoms with E-state index < -0.39 is 0 Å². The molecule has 0 aliphatic carbocycles. The Labute approximate surface area is 148 Å². The molecule has 4 rings (SSSR count). The maximum absolute atomic E-state index is 6.26. The predicted molar refractivity (Wildman–Crippen MR) is 102 cm³/mol. The summed E-state index contributed by atoms with van der Waals surface area (Å²) in [6.07, 6.45) is 3.40. The van der Waals surface area contributed by atoms with Crippen molar-refractivity contribution in [2.24, 2.45) is 0 Å². The van der Waals surface area contributed by atoms with E-state index in [1.54, 1.807) is 0 Å². The molecule has 124 valence electrons. The predicted octanol–water partition coefficient (Wildman–Crippen LogP) is 4.92. The second-order valence-electron chi connectivity index (χ2n) is 6.82. The normalized spacial score (nSPS) is 14.9. The molecule has 0 radical (unpaired) electrons. The molecule has 0 fully saturated rings. The smallest absolute Gasteiger partial charge is 0.0486 e. The van der Waals surface area contributed by atoms with Crippen LogP contribution in [0, 0.1) is 0 Å². The van der Waals surface area contributed by atoms with Gasteiger partial charge in [-0.25, -0.2) is 0 Å². The van der Waals surface area contributed by atoms with Crippen molar-refractivity contribution in [1.82, 2.24) is 9.47 Å². The SMILES string of the molecule is CN1CCc2c(n(CCCc3ccccc3)c3ccc(Cl)cc23)C1. The first kappa shape index (κ1) is 15.7. The number of hydrogen-bond donors (Lipinski definition) is 0. The van der Waals surface area contributed by atoms with Gasteiger partial charge in [0.1, 0.15) is 0 Å². The topological polar surface area (TPSA) is 8.17 Å². The molecule has 2 heterocycles. The van der Waals surface area contributed by atoms with E-state index in [-0.39, 0.29) is 0 Å². The number of hydrogen-bond acceptors (Lipinski definition) is 1. The summed E-state index contributed by atoms with van der Waals surface area (Å²) in [6.45, 7) is 3.23. The third-order valence-corrected chi connectivity index (χ3v) is 5.34. The molecule has 1 aromatic heterocycles. The van der Waals surface area contributed by atoms with Crippen LogP contribution in [0.4, 0.5) is 0 Å². The molecule has 1 aliphatic rings. The Hall–Kier alpha value is -1.77. The van der Waals surface area contributed by atoms with Gasteiger partial charge in [0, 0.05) is 41.3 Å². The fourth-order valence-corrected chi connectivity index (χ4v) is 4.06. The zero-order valence-electron chi connectivity index (χ0n) is 14.1. The molecule has 2 nitrogen and oxygen atoms in total. The van der Waals surface area contributed by atoms with Crippen molar-refractivity contribution in [3.63, 3.8) is 0 Å². The Bertz CT molecular complexity index is 851. The molecule has 0 N–H and O–H groups in total. The zero-order chi connectivity index (χ0) is 16.5. The summed E-state index contributed by atoms with van der Waals surface area (Å²) in [4.78, 5) is 2.41. The van der Waals surface area contributed by atoms with Gasteiger partial charge in [-0.15, -0.1) is 0 Å². The highest BCUT2D eigenvalue weighted by Crippen LogP contribution is 2.32. The van der Waals surface area contributed by atoms with Crippen molar-refractivity contribution in [3.8, 4) is 0 Å². The fraction of sp³-hybridized carbons (Fsp3) is 0.333. The fourth-order valence-electron chi connectivity index (χ4n) is 3.89. The number of aromatic nitrogens is 1. The lowest BCUT2D eigenvalue weighted by atomic mass is 10.0. The van der Waals surface area contributed by atoms with Crippen molar-refractivity contribution in [1.29, 1.82) is 0 Å². The van der Waals surface area contributed by atoms with Gasteiger partial charge >= 0.3 is 0 Å². The number of halogens is 1. The monoisotopic (exact) mass is 338 g/mol. The molecule has 0 saturated carbocycles. The van der Waals surface area contributed by atoms with Crippen LogP contribution in [0.3, 0.4) is 0 Å². The van der Waals surface area contributed by atoms with Gasteiger partial charge in [-0.3, -0.25) is 0 Å². The maximum Gasteiger partial charge on any atom is 0.0486 e. The lowest BCUT2D eigenvalue weighted by molar-refractivity contribution is 0.302. The van der Waals surface area contributed by atoms with E-state index in [4.69, 9.17) is 11.6 Å². The molecule has 0 unspecified atom stereocenters. The summed E-state index contributed by atoms with van der Waals surface area (Å²) in [5.41, 5.74) is 5.75. The van der Waals surface area contributed by atoms with Crippen LogP contribution in [0.25, 0.3) is 10.9 Å². The summed E-state index contributed by atoms with van der Waals surface area (Å²) in [5.74, 6) is 0. The van der Waals surface area contributed by atoms with Crippen LogP contribution >= 0.6 is 11.6 Å². The second kappa shape index (κ2) is 6.62. The minimum Gasteiger partial charge on any atom is -0.343 e. The van der Waals surface area contributed by atoms with Crippen LogP contribution in [-0.2, 0) is 25.9 Å². The summed E-state index contributed by atoms with van der Waals surface area (Å²) < 4.78 is 2.53. The number of aryl methyl sites for hydroxylation is 2. The highest BCUT2D eigenvalue weighted by molar-refractivity contribution is 6.31. The van der Waals surface area contributed by atoms with E-state index in [0.717, 1.165) is 43.9 Å². The average molecular weight is 339 g/mol. The number of likely N-dealkylation sites (N-methyl/N-ethyl adjacent to an activating group) is 1. The minimum atomic E-state index is 0.839. The van der Waals surface area contributed by atoms with Crippen molar-refractivity contribution < 1.29 is 0 Å². The van der Waals surface area contributed by atoms with Crippen molar-refractivity contribution in [2.45, 2.75) is 32.4 Å². The van der Waals surface area contributed by atoms with Crippen molar-refractivity contribution in [2.75, 3.05) is 13.6 Å². The first-order valence-corrected chi connectivity index (χ1v) is 9.12. The van der Waals surface area contributed by atoms with Crippen LogP contribution in [0.1, 0.15) is 23.2 Å². The lowest BCUT2D eigenvalue weighted by Crippen LogP contribution is -2.27. The highest BCUT2D eigenvalue weighted by atomic mass is 35.5. The first-order valence-electron chi connectivity index (χ1n) is 8.74. The third-order valence-electron chi connectivity index (χ3n) is 5.10. The van der Waals surface area contributed by atoms with Crippen LogP contribution in [-0.4, -0.2) is 23.1 Å². The van der Waals surface area contributed by atoms with Crippen LogP contribution in [0.5, 0.6) is 0 Å². The summed E-state index contributed by atoms with van der Waals surface area (Å²) in [6, 6.07) is 17.1. The number of nitrogens with zero attached hydrogens (tertiary/aromatic N) is 2. The third kappa shape index (κ3) is 2.97. The number of benzene rings is 2. The second-order valence-corrected chi connectivity index (χ2v) is 7.25. The van der Waals surface area contributed by atoms with Gasteiger partial charge < -0.3 is 9.47 Å². The molecule has 0 atom stereocenters. The van der Waals surface area contributed by atoms with E-state index in [1.807, 2.05) is 6.07 Å². The van der Waals surface area contributed by atoms with Gasteiger partial charge in [-0.2, -0.15) is 0 Å². The Balaban J connectivity index is 1.65. The summed E-state index contributed by atoms with van der Waals surface area (Å²) >= 11 is 6.26. The van der Waals surface area contributed by atoms with Gasteiger partial charge in [-0.05, 0) is 55.6 Å². The molecule has 0 amide bonds. The Morgan fingerprint density at radius 3 is 2.75 bits per heavy atom. The Morgan fingerprint density at radius 2 is 1.92 bits per heavy atom. The van der Waals surface area contributed by atoms with Crippen LogP contribution < -0.4 is 0 Å². The first-order chi connectivity index (χ1) is 11.7. The van der Waals surface area contributed by atoms with E-state index in [0.29, 0.717) is 0 Å². The molecule has 2 aromatic carbocycles. The van der Waals surface area contributed by atoms with Gasteiger partial charge in [-0.1, -0.05) is 41.9 Å². The van der Waals surface area contributed by atoms with Crippen LogP contribution in [0.15, 0.2) is 48.5 Å². The van der Waals surface area contributed by atoms with E-state index in [2.05, 4.69) is 59.0 Å². The Morgan fingerprint density at radius 1 is 1.08 bits per heavy atom. The summed E-state index contributed by atoms with van der Waals surface area (Å²) in [5, 5.41) is 2.19. The van der Waals surface area contributed by atoms with E-state index in [9.17, 15) is 0 Å². The molecular formula is C21H23ClN2. The quantitative estimate of drug-likeness (QED) is 0.655. The molecule has 0 saturated heterocycles. The molecule has 24 heavy (non-hydrogen) atoms. The van der Waals surface area contributed by atoms with Gasteiger partial charge in [0.2, 0.25) is 0 Å². The highest BCUT2D eigenvalue weighted by Gasteiger charge is 2.22. The van der Waals surface area contributed by atoms with Crippen LogP contribution in [0.2, 0.25) is 5.02 Å². The molecular weight excluding hydrogens is 316 g/mol. The standard InChI is InChI=1S/C21H23ClN2/c1-23-13-11-18-19-14-17(22)9-10-20(19)24(21(18)15-23)12-5-8-16-6-3-2-4-7-16/h2-4,6-7,9-10,14H,5,8,11-13,15H2,1H3.